The standard InChI is InChI=1S/C24H39N5O7.C7H8.2C3H8.C2H6/c1-6-17(21(31)24(5)15-35-24)26-19(30)14-25-23(33)20(16(3)4)27-22(32)18(7-2)28-36-13-10-29-8-11-34-12-9-29;1-7-5-3-2-4-6-7;2*1-3-2;1-2/h7,16-17,20H,2,6,8-15H2,1,3-5H3,(H,25,33)(H,26,30)(H,27,32);2-6H,1H3;2*3H2,1-2H3;1-2H3/b28-18+;;;;. The van der Waals surface area contributed by atoms with Crippen molar-refractivity contribution in [2.24, 2.45) is 11.1 Å². The average molecular weight is 720 g/mol. The van der Waals surface area contributed by atoms with Crippen LogP contribution in [0, 0.1) is 12.8 Å². The minimum absolute atomic E-state index is 0.0618. The van der Waals surface area contributed by atoms with E-state index in [4.69, 9.17) is 14.3 Å². The fraction of sp³-hybridized carbons (Fsp3) is 0.667. The van der Waals surface area contributed by atoms with Crippen molar-refractivity contribution in [2.45, 2.75) is 113 Å². The van der Waals surface area contributed by atoms with Crippen LogP contribution in [0.2, 0.25) is 0 Å². The Morgan fingerprint density at radius 1 is 1.00 bits per heavy atom. The van der Waals surface area contributed by atoms with Gasteiger partial charge in [-0.25, -0.2) is 0 Å². The Kier molecular flexibility index (Phi) is 29.2. The van der Waals surface area contributed by atoms with E-state index in [2.05, 4.69) is 79.3 Å². The highest BCUT2D eigenvalue weighted by molar-refractivity contribution is 6.43. The van der Waals surface area contributed by atoms with E-state index in [0.717, 1.165) is 13.1 Å². The highest BCUT2D eigenvalue weighted by atomic mass is 16.6. The number of Topliss-reactive ketones (excluding diaryl/α,β-unsaturated/α-hetero) is 1. The Morgan fingerprint density at radius 2 is 1.55 bits per heavy atom. The van der Waals surface area contributed by atoms with Crippen LogP contribution in [0.15, 0.2) is 48.1 Å². The van der Waals surface area contributed by atoms with Gasteiger partial charge in [-0.15, -0.1) is 0 Å². The van der Waals surface area contributed by atoms with Gasteiger partial charge in [-0.3, -0.25) is 24.1 Å². The molecule has 2 fully saturated rings. The van der Waals surface area contributed by atoms with Crippen molar-refractivity contribution >= 4 is 29.2 Å². The summed E-state index contributed by atoms with van der Waals surface area (Å²) in [6.45, 7) is 29.1. The van der Waals surface area contributed by atoms with Gasteiger partial charge >= 0.3 is 0 Å². The number of epoxide rings is 1. The van der Waals surface area contributed by atoms with Crippen molar-refractivity contribution in [3.63, 3.8) is 0 Å². The maximum absolute atomic E-state index is 12.7. The molecule has 3 atom stereocenters. The summed E-state index contributed by atoms with van der Waals surface area (Å²) < 4.78 is 10.5. The molecule has 0 saturated carbocycles. The molecule has 12 nitrogen and oxygen atoms in total. The lowest BCUT2D eigenvalue weighted by atomic mass is 9.99. The van der Waals surface area contributed by atoms with Gasteiger partial charge in [0.1, 0.15) is 18.2 Å². The number of ketones is 1. The first kappa shape index (κ1) is 49.5. The Morgan fingerprint density at radius 3 is 1.98 bits per heavy atom. The third kappa shape index (κ3) is 22.7. The van der Waals surface area contributed by atoms with Crippen LogP contribution in [0.5, 0.6) is 0 Å². The molecule has 3 rings (SSSR count). The van der Waals surface area contributed by atoms with Crippen LogP contribution in [0.3, 0.4) is 0 Å². The Balaban J connectivity index is 0. The molecule has 0 aromatic heterocycles. The van der Waals surface area contributed by atoms with Gasteiger partial charge in [-0.05, 0) is 32.3 Å². The van der Waals surface area contributed by atoms with Crippen molar-refractivity contribution in [3.05, 3.63) is 48.6 Å². The summed E-state index contributed by atoms with van der Waals surface area (Å²) in [4.78, 5) is 57.6. The number of benzene rings is 1. The van der Waals surface area contributed by atoms with Crippen LogP contribution in [0.25, 0.3) is 0 Å². The molecule has 51 heavy (non-hydrogen) atoms. The van der Waals surface area contributed by atoms with Gasteiger partial charge in [0.25, 0.3) is 5.91 Å². The maximum Gasteiger partial charge on any atom is 0.273 e. The van der Waals surface area contributed by atoms with E-state index in [-0.39, 0.29) is 24.0 Å². The summed E-state index contributed by atoms with van der Waals surface area (Å²) in [6.07, 6.45) is 4.15. The number of aryl methyl sites for hydroxylation is 1. The molecule has 2 heterocycles. The number of carbonyl (C=O) groups excluding carboxylic acids is 4. The molecule has 1 aromatic rings. The lowest BCUT2D eigenvalue weighted by Crippen LogP contribution is -2.54. The smallest absolute Gasteiger partial charge is 0.273 e. The molecule has 3 amide bonds. The first-order chi connectivity index (χ1) is 24.3. The van der Waals surface area contributed by atoms with Crippen molar-refractivity contribution in [1.82, 2.24) is 20.9 Å². The Hall–Kier alpha value is -3.61. The van der Waals surface area contributed by atoms with E-state index >= 15 is 0 Å². The van der Waals surface area contributed by atoms with Gasteiger partial charge in [0.15, 0.2) is 11.5 Å². The van der Waals surface area contributed by atoms with Crippen molar-refractivity contribution < 1.29 is 33.5 Å². The van der Waals surface area contributed by atoms with Crippen LogP contribution in [-0.2, 0) is 33.5 Å². The van der Waals surface area contributed by atoms with Crippen molar-refractivity contribution in [1.29, 1.82) is 0 Å². The molecule has 1 aromatic carbocycles. The molecule has 12 heteroatoms. The molecule has 292 valence electrons. The molecule has 2 aliphatic rings. The molecule has 0 spiro atoms. The molecule has 0 bridgehead atoms. The molecule has 0 radical (unpaired) electrons. The summed E-state index contributed by atoms with van der Waals surface area (Å²) in [5, 5.41) is 11.6. The molecule has 3 unspecified atom stereocenters. The highest BCUT2D eigenvalue weighted by Gasteiger charge is 2.49. The van der Waals surface area contributed by atoms with E-state index in [1.165, 1.54) is 24.5 Å². The van der Waals surface area contributed by atoms with Crippen LogP contribution in [-0.4, -0.2) is 104 Å². The number of morpholine rings is 1. The zero-order valence-corrected chi connectivity index (χ0v) is 33.4. The number of nitrogens with one attached hydrogen (secondary N) is 3. The van der Waals surface area contributed by atoms with Crippen LogP contribution in [0.4, 0.5) is 0 Å². The second-order valence-electron chi connectivity index (χ2n) is 12.4. The fourth-order valence-electron chi connectivity index (χ4n) is 4.06. The van der Waals surface area contributed by atoms with Gasteiger partial charge in [0, 0.05) is 19.6 Å². The number of carbonyl (C=O) groups is 4. The minimum atomic E-state index is -0.925. The topological polar surface area (TPSA) is 151 Å². The number of oxime groups is 1. The van der Waals surface area contributed by atoms with Gasteiger partial charge in [-0.2, -0.15) is 0 Å². The van der Waals surface area contributed by atoms with Crippen molar-refractivity contribution in [2.75, 3.05) is 52.6 Å². The van der Waals surface area contributed by atoms with E-state index in [1.807, 2.05) is 32.0 Å². The maximum atomic E-state index is 12.7. The third-order valence-corrected chi connectivity index (χ3v) is 6.95. The second-order valence-corrected chi connectivity index (χ2v) is 12.4. The molecule has 2 aliphatic heterocycles. The fourth-order valence-corrected chi connectivity index (χ4v) is 4.06. The largest absolute Gasteiger partial charge is 0.394 e. The zero-order valence-electron chi connectivity index (χ0n) is 33.4. The SMILES string of the molecule is C=C/C(=N\OCCN1CCOCC1)C(=O)NC(C(=O)NCC(=O)NC(CC)C(=O)C1(C)CO1)C(C)C.CC.CCC.CCC.Cc1ccccc1. The van der Waals surface area contributed by atoms with Crippen LogP contribution >= 0.6 is 0 Å². The number of rotatable bonds is 15. The number of ether oxygens (including phenoxy) is 2. The summed E-state index contributed by atoms with van der Waals surface area (Å²) >= 11 is 0. The molecule has 0 aliphatic carbocycles. The summed E-state index contributed by atoms with van der Waals surface area (Å²) in [5.74, 6) is -2.14. The monoisotopic (exact) mass is 720 g/mol. The van der Waals surface area contributed by atoms with E-state index in [0.29, 0.717) is 39.4 Å². The van der Waals surface area contributed by atoms with Gasteiger partial charge in [0.2, 0.25) is 11.8 Å². The summed E-state index contributed by atoms with van der Waals surface area (Å²) in [7, 11) is 0. The lowest BCUT2D eigenvalue weighted by molar-refractivity contribution is -0.132. The second kappa shape index (κ2) is 30.1. The molecular weight excluding hydrogens is 650 g/mol. The molecule has 3 N–H and O–H groups in total. The van der Waals surface area contributed by atoms with Gasteiger partial charge in [-0.1, -0.05) is 123 Å². The predicted octanol–water partition coefficient (Wildman–Crippen LogP) is 5.24. The number of amides is 3. The summed E-state index contributed by atoms with van der Waals surface area (Å²) in [5.41, 5.74) is 0.414. The molecule has 2 saturated heterocycles. The van der Waals surface area contributed by atoms with Crippen LogP contribution in [0.1, 0.15) is 94.1 Å². The Bertz CT molecular complexity index is 1130. The number of hydrogen-bond donors (Lipinski definition) is 3. The quantitative estimate of drug-likeness (QED) is 0.0964. The number of nitrogens with zero attached hydrogens (tertiary/aromatic N) is 2. The Labute approximate surface area is 308 Å². The lowest BCUT2D eigenvalue weighted by Gasteiger charge is -2.25. The van der Waals surface area contributed by atoms with Gasteiger partial charge < -0.3 is 30.3 Å². The first-order valence-corrected chi connectivity index (χ1v) is 18.5. The normalized spacial score (nSPS) is 17.4. The minimum Gasteiger partial charge on any atom is -0.394 e. The molecular formula is C39H69N5O7. The van der Waals surface area contributed by atoms with E-state index < -0.39 is 35.4 Å². The highest BCUT2D eigenvalue weighted by Crippen LogP contribution is 2.28. The first-order valence-electron chi connectivity index (χ1n) is 18.5. The average Bonchev–Trinajstić information content (AvgIpc) is 3.88. The van der Waals surface area contributed by atoms with Crippen LogP contribution < -0.4 is 16.0 Å². The van der Waals surface area contributed by atoms with E-state index in [1.54, 1.807) is 27.7 Å². The predicted molar refractivity (Wildman–Crippen MR) is 207 cm³/mol. The summed E-state index contributed by atoms with van der Waals surface area (Å²) in [6, 6.07) is 8.64. The zero-order chi connectivity index (χ0) is 39.2. The number of hydrogen-bond acceptors (Lipinski definition) is 9. The third-order valence-electron chi connectivity index (χ3n) is 6.95. The van der Waals surface area contributed by atoms with E-state index in [9.17, 15) is 19.2 Å². The van der Waals surface area contributed by atoms with Gasteiger partial charge in [0.05, 0.1) is 32.4 Å². The van der Waals surface area contributed by atoms with Crippen molar-refractivity contribution in [3.8, 4) is 0 Å².